The second-order valence-electron chi connectivity index (χ2n) is 9.79. The quantitative estimate of drug-likeness (QED) is 0.0741. The number of hydrogen-bond donors (Lipinski definition) is 11. The molecule has 4 aliphatic rings. The van der Waals surface area contributed by atoms with Crippen molar-refractivity contribution in [1.29, 1.82) is 0 Å². The van der Waals surface area contributed by atoms with Crippen molar-refractivity contribution in [1.82, 2.24) is 10.6 Å². The molecular formula is C20H29N2O21P3. The molecule has 23 nitrogen and oxygen atoms in total. The summed E-state index contributed by atoms with van der Waals surface area (Å²) in [5.74, 6) is -4.70. The van der Waals surface area contributed by atoms with E-state index in [1.165, 1.54) is 12.2 Å². The number of carbonyl (C=O) groups is 4. The van der Waals surface area contributed by atoms with E-state index in [-0.39, 0.29) is 0 Å². The molecule has 0 aromatic heterocycles. The van der Waals surface area contributed by atoms with Gasteiger partial charge in [0.15, 0.2) is 0 Å². The fourth-order valence-corrected chi connectivity index (χ4v) is 7.51. The summed E-state index contributed by atoms with van der Waals surface area (Å²) < 4.78 is 55.2. The molecule has 4 heterocycles. The molecular weight excluding hydrogens is 697 g/mol. The lowest BCUT2D eigenvalue weighted by Gasteiger charge is -2.24. The molecule has 4 aliphatic heterocycles. The molecule has 4 amide bonds. The first-order chi connectivity index (χ1) is 21.1. The minimum atomic E-state index is -5.72. The van der Waals surface area contributed by atoms with Crippen molar-refractivity contribution < 1.29 is 101 Å². The van der Waals surface area contributed by atoms with E-state index in [1.54, 1.807) is 0 Å². The molecule has 260 valence electrons. The van der Waals surface area contributed by atoms with E-state index < -0.39 is 121 Å². The molecule has 11 N–H and O–H groups in total. The van der Waals surface area contributed by atoms with Crippen LogP contribution in [0.4, 0.5) is 0 Å². The highest BCUT2D eigenvalue weighted by molar-refractivity contribution is 7.66. The van der Waals surface area contributed by atoms with Gasteiger partial charge in [-0.2, -0.15) is 8.62 Å². The molecule has 0 saturated carbocycles. The first-order valence-corrected chi connectivity index (χ1v) is 17.1. The number of nitrogens with one attached hydrogen (secondary N) is 2. The number of aliphatic hydroxyl groups excluding tert-OH is 5. The standard InChI is InChI=1S/C10H16NO15P3.C10H13NO6/c12-6-2-1-4(10(15)11-6)9-8(14)7(13)5(24-9)3-23-28(19,20)26-29(21,22)25-27(16,17)18;12-3-5-7(14)8(15)9(17-5)4-1-2-6(13)11-10(4)16/h1-2,4-5,7-9,13-14H,3H2,(H,19,20)(H,21,22)(H,11,12,15)(H2,16,17,18);1-2,4-5,7-9,12,14-15H,3H2,(H,11,13,16). The van der Waals surface area contributed by atoms with Gasteiger partial charge in [-0.1, -0.05) is 12.2 Å². The Morgan fingerprint density at radius 3 is 1.50 bits per heavy atom. The largest absolute Gasteiger partial charge is 0.490 e. The fourth-order valence-electron chi connectivity index (χ4n) is 4.48. The van der Waals surface area contributed by atoms with Crippen molar-refractivity contribution in [2.75, 3.05) is 13.2 Å². The third-order valence-electron chi connectivity index (χ3n) is 6.51. The normalized spacial score (nSPS) is 37.2. The van der Waals surface area contributed by atoms with Gasteiger partial charge in [0.2, 0.25) is 23.6 Å². The summed E-state index contributed by atoms with van der Waals surface area (Å²) in [6, 6.07) is 0. The molecule has 0 radical (unpaired) electrons. The number of carbonyl (C=O) groups excluding carboxylic acids is 4. The van der Waals surface area contributed by atoms with Crippen LogP contribution in [0.3, 0.4) is 0 Å². The third kappa shape index (κ3) is 9.95. The summed E-state index contributed by atoms with van der Waals surface area (Å²) in [4.78, 5) is 80.6. The molecule has 12 atom stereocenters. The lowest BCUT2D eigenvalue weighted by atomic mass is 9.93. The first kappa shape index (κ1) is 38.3. The summed E-state index contributed by atoms with van der Waals surface area (Å²) in [6.07, 6.45) is -6.14. The zero-order valence-corrected chi connectivity index (χ0v) is 25.4. The molecule has 0 aliphatic carbocycles. The lowest BCUT2D eigenvalue weighted by molar-refractivity contribution is -0.137. The summed E-state index contributed by atoms with van der Waals surface area (Å²) in [5.41, 5.74) is 0. The zero-order valence-electron chi connectivity index (χ0n) is 22.8. The predicted molar refractivity (Wildman–Crippen MR) is 140 cm³/mol. The van der Waals surface area contributed by atoms with Gasteiger partial charge in [-0.25, -0.2) is 13.7 Å². The third-order valence-corrected chi connectivity index (χ3v) is 10.3. The van der Waals surface area contributed by atoms with Crippen molar-refractivity contribution >= 4 is 47.1 Å². The van der Waals surface area contributed by atoms with Gasteiger partial charge < -0.3 is 54.6 Å². The second-order valence-corrected chi connectivity index (χ2v) is 14.2. The van der Waals surface area contributed by atoms with E-state index in [4.69, 9.17) is 29.3 Å². The van der Waals surface area contributed by atoms with Gasteiger partial charge in [-0.15, -0.1) is 0 Å². The van der Waals surface area contributed by atoms with Crippen molar-refractivity contribution in [3.8, 4) is 0 Å². The van der Waals surface area contributed by atoms with Crippen molar-refractivity contribution in [3.05, 3.63) is 24.3 Å². The Hall–Kier alpha value is -2.11. The van der Waals surface area contributed by atoms with Gasteiger partial charge in [-0.05, 0) is 0 Å². The molecule has 0 aromatic carbocycles. The Bertz CT molecular complexity index is 1400. The van der Waals surface area contributed by atoms with Crippen LogP contribution in [0.25, 0.3) is 0 Å². The molecule has 2 fully saturated rings. The number of rotatable bonds is 10. The Kier molecular flexibility index (Phi) is 12.5. The number of hydrogen-bond acceptors (Lipinski definition) is 17. The fraction of sp³-hybridized carbons (Fsp3) is 0.600. The Morgan fingerprint density at radius 1 is 0.674 bits per heavy atom. The van der Waals surface area contributed by atoms with Gasteiger partial charge in [0.25, 0.3) is 0 Å². The molecule has 2 saturated heterocycles. The van der Waals surface area contributed by atoms with Crippen LogP contribution in [0.15, 0.2) is 24.3 Å². The highest BCUT2D eigenvalue weighted by Gasteiger charge is 2.50. The number of phosphoric ester groups is 1. The summed E-state index contributed by atoms with van der Waals surface area (Å²) in [5, 5.41) is 52.2. The van der Waals surface area contributed by atoms with Gasteiger partial charge in [0, 0.05) is 12.2 Å². The molecule has 46 heavy (non-hydrogen) atoms. The first-order valence-electron chi connectivity index (χ1n) is 12.6. The molecule has 26 heteroatoms. The average Bonchev–Trinajstić information content (AvgIpc) is 3.35. The van der Waals surface area contributed by atoms with Crippen molar-refractivity contribution in [2.45, 2.75) is 48.8 Å². The predicted octanol–water partition coefficient (Wildman–Crippen LogP) is -5.06. The zero-order chi connectivity index (χ0) is 34.8. The Morgan fingerprint density at radius 2 is 1.11 bits per heavy atom. The maximum atomic E-state index is 11.8. The maximum absolute atomic E-state index is 11.8. The van der Waals surface area contributed by atoms with E-state index in [1.807, 2.05) is 5.32 Å². The van der Waals surface area contributed by atoms with Crippen LogP contribution < -0.4 is 10.6 Å². The van der Waals surface area contributed by atoms with Gasteiger partial charge in [0.05, 0.1) is 25.0 Å². The molecule has 12 unspecified atom stereocenters. The van der Waals surface area contributed by atoms with Crippen LogP contribution in [0, 0.1) is 11.8 Å². The van der Waals surface area contributed by atoms with Gasteiger partial charge in [-0.3, -0.25) is 34.3 Å². The van der Waals surface area contributed by atoms with Crippen LogP contribution in [0.2, 0.25) is 0 Å². The minimum Gasteiger partial charge on any atom is -0.394 e. The van der Waals surface area contributed by atoms with E-state index in [2.05, 4.69) is 18.5 Å². The van der Waals surface area contributed by atoms with Gasteiger partial charge in [0.1, 0.15) is 48.8 Å². The second kappa shape index (κ2) is 15.0. The average molecular weight is 726 g/mol. The number of ether oxygens (including phenoxy) is 2. The van der Waals surface area contributed by atoms with E-state index in [0.717, 1.165) is 12.2 Å². The number of aliphatic hydroxyl groups is 5. The Labute approximate surface area is 256 Å². The molecule has 4 rings (SSSR count). The lowest BCUT2D eigenvalue weighted by Crippen LogP contribution is -2.46. The Balaban J connectivity index is 0.000000286. The van der Waals surface area contributed by atoms with E-state index >= 15 is 0 Å². The summed E-state index contributed by atoms with van der Waals surface area (Å²) in [7, 11) is -16.7. The minimum absolute atomic E-state index is 0.453. The molecule has 0 bridgehead atoms. The van der Waals surface area contributed by atoms with Crippen molar-refractivity contribution in [3.63, 3.8) is 0 Å². The summed E-state index contributed by atoms with van der Waals surface area (Å²) in [6.45, 7) is -1.47. The number of phosphoric acid groups is 3. The van der Waals surface area contributed by atoms with Crippen LogP contribution >= 0.6 is 23.5 Å². The van der Waals surface area contributed by atoms with E-state index in [9.17, 15) is 58.2 Å². The topological polar surface area (TPSA) is 372 Å². The van der Waals surface area contributed by atoms with Crippen LogP contribution in [0.1, 0.15) is 0 Å². The van der Waals surface area contributed by atoms with Crippen LogP contribution in [0.5, 0.6) is 0 Å². The van der Waals surface area contributed by atoms with Crippen molar-refractivity contribution in [2.24, 2.45) is 11.8 Å². The highest BCUT2D eigenvalue weighted by Crippen LogP contribution is 2.66. The monoisotopic (exact) mass is 726 g/mol. The molecule has 0 aromatic rings. The van der Waals surface area contributed by atoms with Crippen LogP contribution in [-0.4, -0.2) is 131 Å². The summed E-state index contributed by atoms with van der Waals surface area (Å²) >= 11 is 0. The van der Waals surface area contributed by atoms with Crippen LogP contribution in [-0.2, 0) is 55.5 Å². The molecule has 0 spiro atoms. The number of imide groups is 2. The highest BCUT2D eigenvalue weighted by atomic mass is 31.3. The van der Waals surface area contributed by atoms with E-state index in [0.29, 0.717) is 0 Å². The number of amides is 4. The SMILES string of the molecule is O=C1C=CC(C2OC(CO)C(O)C2O)C(=O)N1.O=C1C=CC(C2OC(COP(=O)(O)OP(=O)(O)OP(=O)(O)O)C(O)C2O)C(=O)N1. The smallest absolute Gasteiger partial charge is 0.394 e. The van der Waals surface area contributed by atoms with Gasteiger partial charge >= 0.3 is 23.5 Å². The maximum Gasteiger partial charge on any atom is 0.490 e.